The van der Waals surface area contributed by atoms with Crippen LogP contribution >= 0.6 is 0 Å². The van der Waals surface area contributed by atoms with E-state index in [1.165, 1.54) is 0 Å². The van der Waals surface area contributed by atoms with E-state index in [0.29, 0.717) is 0 Å². The molecule has 2 radical (unpaired) electrons. The molecule has 0 aliphatic rings. The smallest absolute Gasteiger partial charge is 0.0549 e. The Balaban J connectivity index is 2.29. The third kappa shape index (κ3) is 1.96. The maximum absolute atomic E-state index is 4.36. The van der Waals surface area contributed by atoms with Crippen LogP contribution in [0.2, 0.25) is 0 Å². The normalized spacial score (nSPS) is 10.9. The first-order chi connectivity index (χ1) is 7.06. The Bertz CT molecular complexity index is 439. The van der Waals surface area contributed by atoms with E-state index < -0.39 is 0 Å². The van der Waals surface area contributed by atoms with Crippen LogP contribution in [-0.2, 0) is 0 Å². The standard InChI is InChI=1S/C10H14BN4/c1-7-5-9(3)14(12-7)11-15-10(4)6-8(2)13-15/h5-6H,1-4H3/q-1. The van der Waals surface area contributed by atoms with E-state index in [1.54, 1.807) is 0 Å². The Morgan fingerprint density at radius 1 is 0.867 bits per heavy atom. The highest BCUT2D eigenvalue weighted by atomic mass is 15.3. The molecule has 0 spiro atoms. The van der Waals surface area contributed by atoms with Gasteiger partial charge in [0, 0.05) is 0 Å². The van der Waals surface area contributed by atoms with Crippen LogP contribution in [0.3, 0.4) is 0 Å². The Morgan fingerprint density at radius 2 is 1.27 bits per heavy atom. The molecular formula is C10H14BN4-. The van der Waals surface area contributed by atoms with Crippen molar-refractivity contribution < 1.29 is 0 Å². The molecule has 0 aliphatic carbocycles. The number of nitrogens with zero attached hydrogens (tertiary/aromatic N) is 4. The number of hydrogen-bond donors (Lipinski definition) is 0. The second kappa shape index (κ2) is 3.57. The van der Waals surface area contributed by atoms with E-state index in [9.17, 15) is 0 Å². The Morgan fingerprint density at radius 3 is 1.53 bits per heavy atom. The molecule has 0 saturated carbocycles. The second-order valence-electron chi connectivity index (χ2n) is 3.86. The zero-order valence-electron chi connectivity index (χ0n) is 9.52. The van der Waals surface area contributed by atoms with Crippen LogP contribution in [0, 0.1) is 27.7 Å². The quantitative estimate of drug-likeness (QED) is 0.685. The first kappa shape index (κ1) is 10.0. The first-order valence-electron chi connectivity index (χ1n) is 4.97. The van der Waals surface area contributed by atoms with E-state index in [1.807, 2.05) is 56.6 Å². The van der Waals surface area contributed by atoms with Gasteiger partial charge in [0.15, 0.2) is 0 Å². The molecule has 0 saturated heterocycles. The minimum atomic E-state index is 1.02. The Hall–Kier alpha value is -1.52. The molecule has 0 unspecified atom stereocenters. The number of rotatable bonds is 2. The fourth-order valence-corrected chi connectivity index (χ4v) is 1.63. The molecule has 78 valence electrons. The molecule has 2 aromatic heterocycles. The Labute approximate surface area is 90.2 Å². The van der Waals surface area contributed by atoms with E-state index in [2.05, 4.69) is 10.2 Å². The highest BCUT2D eigenvalue weighted by molar-refractivity contribution is 6.31. The minimum Gasteiger partial charge on any atom is -0.486 e. The van der Waals surface area contributed by atoms with Gasteiger partial charge in [0.05, 0.1) is 11.4 Å². The summed E-state index contributed by atoms with van der Waals surface area (Å²) >= 11 is 0. The molecule has 2 rings (SSSR count). The van der Waals surface area contributed by atoms with Crippen LogP contribution < -0.4 is 0 Å². The van der Waals surface area contributed by atoms with Crippen molar-refractivity contribution >= 4 is 7.55 Å². The van der Waals surface area contributed by atoms with Gasteiger partial charge < -0.3 is 9.19 Å². The zero-order chi connectivity index (χ0) is 11.0. The lowest BCUT2D eigenvalue weighted by atomic mass is 10.1. The van der Waals surface area contributed by atoms with Crippen LogP contribution in [0.1, 0.15) is 22.8 Å². The van der Waals surface area contributed by atoms with Gasteiger partial charge in [0.2, 0.25) is 0 Å². The van der Waals surface area contributed by atoms with Gasteiger partial charge in [-0.05, 0) is 58.8 Å². The van der Waals surface area contributed by atoms with Gasteiger partial charge in [-0.1, -0.05) is 0 Å². The molecule has 0 aliphatic heterocycles. The van der Waals surface area contributed by atoms with Crippen LogP contribution in [0.15, 0.2) is 12.1 Å². The average molecular weight is 201 g/mol. The van der Waals surface area contributed by atoms with E-state index in [4.69, 9.17) is 0 Å². The van der Waals surface area contributed by atoms with Crippen LogP contribution in [0.4, 0.5) is 0 Å². The van der Waals surface area contributed by atoms with Crippen molar-refractivity contribution in [1.82, 2.24) is 19.4 Å². The SMILES string of the molecule is Cc1cc(C)n([B-]n2nc(C)cc2C)n1. The fraction of sp³-hybridized carbons (Fsp3) is 0.400. The molecule has 0 amide bonds. The summed E-state index contributed by atoms with van der Waals surface area (Å²) in [4.78, 5) is 0. The van der Waals surface area contributed by atoms with E-state index in [-0.39, 0.29) is 0 Å². The van der Waals surface area contributed by atoms with Crippen molar-refractivity contribution in [3.8, 4) is 0 Å². The van der Waals surface area contributed by atoms with Crippen LogP contribution in [0.25, 0.3) is 0 Å². The minimum absolute atomic E-state index is 1.02. The number of aryl methyl sites for hydroxylation is 4. The summed E-state index contributed by atoms with van der Waals surface area (Å²) in [5.74, 6) is 0. The van der Waals surface area contributed by atoms with Crippen molar-refractivity contribution in [3.05, 3.63) is 34.9 Å². The molecule has 0 bridgehead atoms. The monoisotopic (exact) mass is 201 g/mol. The number of hydrogen-bond acceptors (Lipinski definition) is 2. The topological polar surface area (TPSA) is 35.6 Å². The third-order valence-electron chi connectivity index (χ3n) is 2.31. The van der Waals surface area contributed by atoms with Gasteiger partial charge in [0.25, 0.3) is 0 Å². The lowest BCUT2D eigenvalue weighted by Crippen LogP contribution is -2.21. The molecule has 2 aromatic rings. The third-order valence-corrected chi connectivity index (χ3v) is 2.31. The van der Waals surface area contributed by atoms with Crippen molar-refractivity contribution in [2.45, 2.75) is 27.7 Å². The van der Waals surface area contributed by atoms with Gasteiger partial charge in [-0.15, -0.1) is 0 Å². The molecular weight excluding hydrogens is 187 g/mol. The molecule has 0 N–H and O–H groups in total. The van der Waals surface area contributed by atoms with Gasteiger partial charge in [0.1, 0.15) is 0 Å². The lowest BCUT2D eigenvalue weighted by molar-refractivity contribution is 0.834. The molecule has 2 heterocycles. The maximum Gasteiger partial charge on any atom is 0.0549 e. The fourth-order valence-electron chi connectivity index (χ4n) is 1.63. The lowest BCUT2D eigenvalue weighted by Gasteiger charge is -2.21. The average Bonchev–Trinajstić information content (AvgIpc) is 2.58. The highest BCUT2D eigenvalue weighted by Crippen LogP contribution is 2.03. The summed E-state index contributed by atoms with van der Waals surface area (Å²) in [7, 11) is 1.89. The summed E-state index contributed by atoms with van der Waals surface area (Å²) in [5, 5.41) is 8.71. The van der Waals surface area contributed by atoms with Gasteiger partial charge in [-0.2, -0.15) is 0 Å². The predicted octanol–water partition coefficient (Wildman–Crippen LogP) is 1.24. The zero-order valence-corrected chi connectivity index (χ0v) is 9.52. The summed E-state index contributed by atoms with van der Waals surface area (Å²) in [6.07, 6.45) is 0. The summed E-state index contributed by atoms with van der Waals surface area (Å²) in [6, 6.07) is 4.09. The Kier molecular flexibility index (Phi) is 2.38. The molecule has 4 nitrogen and oxygen atoms in total. The molecule has 15 heavy (non-hydrogen) atoms. The largest absolute Gasteiger partial charge is 0.486 e. The summed E-state index contributed by atoms with van der Waals surface area (Å²) in [5.41, 5.74) is 4.26. The maximum atomic E-state index is 4.36. The van der Waals surface area contributed by atoms with E-state index >= 15 is 0 Å². The predicted molar refractivity (Wildman–Crippen MR) is 60.0 cm³/mol. The van der Waals surface area contributed by atoms with Crippen molar-refractivity contribution in [3.63, 3.8) is 0 Å². The molecule has 0 atom stereocenters. The molecule has 0 aromatic carbocycles. The second-order valence-corrected chi connectivity index (χ2v) is 3.86. The summed E-state index contributed by atoms with van der Waals surface area (Å²) in [6.45, 7) is 8.03. The molecule has 5 heteroatoms. The van der Waals surface area contributed by atoms with Crippen molar-refractivity contribution in [2.24, 2.45) is 0 Å². The summed E-state index contributed by atoms with van der Waals surface area (Å²) < 4.78 is 3.68. The van der Waals surface area contributed by atoms with Gasteiger partial charge >= 0.3 is 0 Å². The van der Waals surface area contributed by atoms with Crippen LogP contribution in [0.5, 0.6) is 0 Å². The van der Waals surface area contributed by atoms with E-state index in [0.717, 1.165) is 22.8 Å². The van der Waals surface area contributed by atoms with Gasteiger partial charge in [-0.25, -0.2) is 10.2 Å². The van der Waals surface area contributed by atoms with Crippen LogP contribution in [-0.4, -0.2) is 26.9 Å². The number of aromatic nitrogens is 4. The van der Waals surface area contributed by atoms with Gasteiger partial charge in [-0.3, -0.25) is 0 Å². The highest BCUT2D eigenvalue weighted by Gasteiger charge is 1.95. The molecule has 0 fully saturated rings. The van der Waals surface area contributed by atoms with Crippen molar-refractivity contribution in [2.75, 3.05) is 0 Å². The first-order valence-corrected chi connectivity index (χ1v) is 4.97. The van der Waals surface area contributed by atoms with Crippen molar-refractivity contribution in [1.29, 1.82) is 0 Å².